The van der Waals surface area contributed by atoms with Crippen molar-refractivity contribution in [3.63, 3.8) is 0 Å². The van der Waals surface area contributed by atoms with Crippen LogP contribution in [0.1, 0.15) is 28.8 Å². The summed E-state index contributed by atoms with van der Waals surface area (Å²) < 4.78 is 18.8. The van der Waals surface area contributed by atoms with Gasteiger partial charge >= 0.3 is 0 Å². The van der Waals surface area contributed by atoms with Crippen LogP contribution >= 0.6 is 11.6 Å². The third kappa shape index (κ3) is 5.50. The van der Waals surface area contributed by atoms with Crippen LogP contribution in [0.5, 0.6) is 17.4 Å². The lowest BCUT2D eigenvalue weighted by atomic mass is 9.82. The molecule has 10 heteroatoms. The van der Waals surface area contributed by atoms with E-state index in [4.69, 9.17) is 30.9 Å². The Balaban J connectivity index is 1.36. The average Bonchev–Trinajstić information content (AvgIpc) is 3.48. The Bertz CT molecular complexity index is 1810. The summed E-state index contributed by atoms with van der Waals surface area (Å²) >= 11 is 7.02. The Morgan fingerprint density at radius 1 is 0.977 bits per heavy atom. The zero-order valence-electron chi connectivity index (χ0n) is 24.7. The molecule has 0 unspecified atom stereocenters. The van der Waals surface area contributed by atoms with Crippen molar-refractivity contribution in [2.24, 2.45) is 5.92 Å². The van der Waals surface area contributed by atoms with E-state index in [0.29, 0.717) is 46.5 Å². The molecule has 6 rings (SSSR count). The molecule has 0 spiro atoms. The number of halogens is 1. The van der Waals surface area contributed by atoms with Gasteiger partial charge in [0, 0.05) is 35.2 Å². The molecule has 44 heavy (non-hydrogen) atoms. The summed E-state index contributed by atoms with van der Waals surface area (Å²) in [5, 5.41) is 19.3. The van der Waals surface area contributed by atoms with Crippen molar-refractivity contribution in [2.75, 3.05) is 27.9 Å². The standard InChI is InChI=1S/C34H33ClN4O5/c1-42-31-14-22(15-32(43-2)28(31)17-36-16-20-12-23(41)13-20)39-30-9-5-6-24(27(30)18-37-39)25-7-4-8-26(33(25)35)29-11-10-21(19-40)34(38-29)44-3/h4-11,14-15,18-20,23,36,41H,12-13,16-17H2,1-3H3. The van der Waals surface area contributed by atoms with Crippen LogP contribution < -0.4 is 19.5 Å². The minimum Gasteiger partial charge on any atom is -0.496 e. The van der Waals surface area contributed by atoms with Gasteiger partial charge in [-0.3, -0.25) is 4.79 Å². The number of carbonyl (C=O) groups excluding carboxylic acids is 1. The number of fused-ring (bicyclic) bond motifs is 1. The normalized spacial score (nSPS) is 16.0. The minimum absolute atomic E-state index is 0.169. The molecule has 0 bridgehead atoms. The number of carbonyl (C=O) groups is 1. The van der Waals surface area contributed by atoms with E-state index in [-0.39, 0.29) is 12.0 Å². The molecule has 2 aromatic heterocycles. The molecule has 2 N–H and O–H groups in total. The number of nitrogens with one attached hydrogen (secondary N) is 1. The van der Waals surface area contributed by atoms with E-state index in [1.54, 1.807) is 26.4 Å². The van der Waals surface area contributed by atoms with Crippen LogP contribution in [0.3, 0.4) is 0 Å². The van der Waals surface area contributed by atoms with Gasteiger partial charge in [0.2, 0.25) is 5.88 Å². The number of methoxy groups -OCH3 is 3. The van der Waals surface area contributed by atoms with E-state index in [0.717, 1.165) is 58.2 Å². The van der Waals surface area contributed by atoms with Crippen LogP contribution in [0.25, 0.3) is 39.0 Å². The monoisotopic (exact) mass is 612 g/mol. The molecule has 226 valence electrons. The second-order valence-electron chi connectivity index (χ2n) is 10.8. The number of hydrogen-bond acceptors (Lipinski definition) is 8. The molecule has 1 fully saturated rings. The summed E-state index contributed by atoms with van der Waals surface area (Å²) in [6, 6.07) is 19.1. The molecule has 0 amide bonds. The van der Waals surface area contributed by atoms with Gasteiger partial charge in [0.05, 0.1) is 66.7 Å². The SMILES string of the molecule is COc1cc(-n2ncc3c(-c4cccc(-c5ccc(C=O)c(OC)n5)c4Cl)cccc32)cc(OC)c1CNCC1CC(O)C1. The fraction of sp³-hybridized carbons (Fsp3) is 0.265. The summed E-state index contributed by atoms with van der Waals surface area (Å²) in [7, 11) is 4.78. The highest BCUT2D eigenvalue weighted by molar-refractivity contribution is 6.36. The summed E-state index contributed by atoms with van der Waals surface area (Å²) in [6.45, 7) is 1.41. The second kappa shape index (κ2) is 12.7. The first kappa shape index (κ1) is 29.6. The van der Waals surface area contributed by atoms with Crippen LogP contribution in [0.2, 0.25) is 5.02 Å². The number of pyridine rings is 1. The summed E-state index contributed by atoms with van der Waals surface area (Å²) in [6.07, 6.45) is 4.05. The predicted octanol–water partition coefficient (Wildman–Crippen LogP) is 6.11. The molecular weight excluding hydrogens is 580 g/mol. The van der Waals surface area contributed by atoms with Gasteiger partial charge in [0.15, 0.2) is 6.29 Å². The van der Waals surface area contributed by atoms with E-state index < -0.39 is 0 Å². The fourth-order valence-electron chi connectivity index (χ4n) is 5.82. The number of ether oxygens (including phenoxy) is 3. The molecule has 9 nitrogen and oxygen atoms in total. The first-order valence-corrected chi connectivity index (χ1v) is 14.7. The molecule has 0 aliphatic heterocycles. The van der Waals surface area contributed by atoms with Crippen LogP contribution in [0.15, 0.2) is 66.9 Å². The zero-order valence-corrected chi connectivity index (χ0v) is 25.5. The first-order valence-electron chi connectivity index (χ1n) is 14.4. The van der Waals surface area contributed by atoms with Crippen LogP contribution in [-0.2, 0) is 6.54 Å². The number of aliphatic hydroxyl groups is 1. The summed E-state index contributed by atoms with van der Waals surface area (Å²) in [4.78, 5) is 15.9. The molecule has 0 saturated heterocycles. The van der Waals surface area contributed by atoms with Crippen molar-refractivity contribution in [1.82, 2.24) is 20.1 Å². The predicted molar refractivity (Wildman–Crippen MR) is 170 cm³/mol. The number of aromatic nitrogens is 3. The molecule has 1 saturated carbocycles. The molecular formula is C34H33ClN4O5. The number of rotatable bonds is 11. The lowest BCUT2D eigenvalue weighted by Gasteiger charge is -2.31. The van der Waals surface area contributed by atoms with Gasteiger partial charge < -0.3 is 24.6 Å². The molecule has 1 aliphatic rings. The average molecular weight is 613 g/mol. The molecule has 5 aromatic rings. The van der Waals surface area contributed by atoms with Gasteiger partial charge in [-0.2, -0.15) is 5.10 Å². The van der Waals surface area contributed by atoms with Crippen molar-refractivity contribution in [2.45, 2.75) is 25.5 Å². The van der Waals surface area contributed by atoms with Gasteiger partial charge in [-0.25, -0.2) is 9.67 Å². The second-order valence-corrected chi connectivity index (χ2v) is 11.2. The molecule has 2 heterocycles. The van der Waals surface area contributed by atoms with E-state index in [1.807, 2.05) is 59.4 Å². The first-order chi connectivity index (χ1) is 21.4. The molecule has 0 radical (unpaired) electrons. The smallest absolute Gasteiger partial charge is 0.224 e. The highest BCUT2D eigenvalue weighted by Gasteiger charge is 2.27. The number of benzene rings is 3. The van der Waals surface area contributed by atoms with Crippen LogP contribution in [0, 0.1) is 5.92 Å². The van der Waals surface area contributed by atoms with Crippen LogP contribution in [-0.4, -0.2) is 60.1 Å². The maximum absolute atomic E-state index is 11.4. The Hall–Kier alpha value is -4.44. The van der Waals surface area contributed by atoms with Gasteiger partial charge in [0.1, 0.15) is 11.5 Å². The topological polar surface area (TPSA) is 108 Å². The van der Waals surface area contributed by atoms with E-state index in [9.17, 15) is 9.90 Å². The maximum atomic E-state index is 11.4. The van der Waals surface area contributed by atoms with Gasteiger partial charge in [-0.15, -0.1) is 0 Å². The Kier molecular flexibility index (Phi) is 8.52. The lowest BCUT2D eigenvalue weighted by molar-refractivity contribution is 0.0429. The lowest BCUT2D eigenvalue weighted by Crippen LogP contribution is -2.36. The van der Waals surface area contributed by atoms with Crippen molar-refractivity contribution in [1.29, 1.82) is 0 Å². The summed E-state index contributed by atoms with van der Waals surface area (Å²) in [5.41, 5.74) is 6.03. The minimum atomic E-state index is -0.169. The Morgan fingerprint density at radius 2 is 1.68 bits per heavy atom. The highest BCUT2D eigenvalue weighted by atomic mass is 35.5. The van der Waals surface area contributed by atoms with E-state index >= 15 is 0 Å². The third-order valence-corrected chi connectivity index (χ3v) is 8.58. The Morgan fingerprint density at radius 3 is 2.36 bits per heavy atom. The van der Waals surface area contributed by atoms with Crippen molar-refractivity contribution < 1.29 is 24.1 Å². The molecule has 0 atom stereocenters. The van der Waals surface area contributed by atoms with Crippen molar-refractivity contribution >= 4 is 28.8 Å². The van der Waals surface area contributed by atoms with E-state index in [2.05, 4.69) is 10.3 Å². The molecule has 3 aromatic carbocycles. The maximum Gasteiger partial charge on any atom is 0.224 e. The Labute approximate surface area is 260 Å². The van der Waals surface area contributed by atoms with Crippen molar-refractivity contribution in [3.8, 4) is 45.5 Å². The molecule has 1 aliphatic carbocycles. The van der Waals surface area contributed by atoms with Gasteiger partial charge in [-0.1, -0.05) is 41.9 Å². The number of aldehydes is 1. The van der Waals surface area contributed by atoms with Gasteiger partial charge in [0.25, 0.3) is 0 Å². The number of hydrogen-bond donors (Lipinski definition) is 2. The highest BCUT2D eigenvalue weighted by Crippen LogP contribution is 2.40. The summed E-state index contributed by atoms with van der Waals surface area (Å²) in [5.74, 6) is 2.12. The van der Waals surface area contributed by atoms with E-state index in [1.165, 1.54) is 7.11 Å². The number of nitrogens with zero attached hydrogens (tertiary/aromatic N) is 3. The van der Waals surface area contributed by atoms with Gasteiger partial charge in [-0.05, 0) is 49.1 Å². The largest absolute Gasteiger partial charge is 0.496 e. The fourth-order valence-corrected chi connectivity index (χ4v) is 6.14. The van der Waals surface area contributed by atoms with Crippen molar-refractivity contribution in [3.05, 3.63) is 83.0 Å². The zero-order chi connectivity index (χ0) is 30.8. The third-order valence-electron chi connectivity index (χ3n) is 8.17. The quantitative estimate of drug-likeness (QED) is 0.172. The number of aliphatic hydroxyl groups excluding tert-OH is 1. The van der Waals surface area contributed by atoms with Crippen LogP contribution in [0.4, 0.5) is 0 Å².